The van der Waals surface area contributed by atoms with Gasteiger partial charge in [-0.1, -0.05) is 29.3 Å². The van der Waals surface area contributed by atoms with Crippen LogP contribution in [0, 0.1) is 6.92 Å². The molecule has 1 unspecified atom stereocenters. The predicted molar refractivity (Wildman–Crippen MR) is 105 cm³/mol. The van der Waals surface area contributed by atoms with E-state index in [2.05, 4.69) is 9.88 Å². The van der Waals surface area contributed by atoms with E-state index in [9.17, 15) is 5.11 Å². The van der Waals surface area contributed by atoms with E-state index in [-0.39, 0.29) is 6.61 Å². The number of hydrogen-bond acceptors (Lipinski definition) is 4. The summed E-state index contributed by atoms with van der Waals surface area (Å²) in [6, 6.07) is 9.48. The lowest BCUT2D eigenvalue weighted by Gasteiger charge is -2.27. The quantitative estimate of drug-likeness (QED) is 0.810. The van der Waals surface area contributed by atoms with Gasteiger partial charge in [-0.25, -0.2) is 0 Å². The average molecular weight is 395 g/mol. The SMILES string of the molecule is Cc1ccc(Cl)c(OCC2(O)CCCN(Cc3ccc(Cl)cn3)CC2)c1. The highest BCUT2D eigenvalue weighted by Crippen LogP contribution is 2.29. The molecule has 26 heavy (non-hydrogen) atoms. The van der Waals surface area contributed by atoms with Crippen molar-refractivity contribution in [1.29, 1.82) is 0 Å². The number of aromatic nitrogens is 1. The molecule has 0 bridgehead atoms. The zero-order valence-electron chi connectivity index (χ0n) is 14.9. The smallest absolute Gasteiger partial charge is 0.138 e. The predicted octanol–water partition coefficient (Wildman–Crippen LogP) is 4.49. The van der Waals surface area contributed by atoms with E-state index in [1.807, 2.05) is 37.3 Å². The van der Waals surface area contributed by atoms with Crippen LogP contribution in [-0.4, -0.2) is 40.3 Å². The fourth-order valence-electron chi connectivity index (χ4n) is 3.20. The van der Waals surface area contributed by atoms with Gasteiger partial charge in [-0.2, -0.15) is 0 Å². The first-order valence-corrected chi connectivity index (χ1v) is 9.63. The molecule has 2 heterocycles. The minimum Gasteiger partial charge on any atom is -0.489 e. The zero-order chi connectivity index (χ0) is 18.6. The molecule has 0 spiro atoms. The molecule has 2 aromatic rings. The molecule has 140 valence electrons. The van der Waals surface area contributed by atoms with Crippen LogP contribution in [0.4, 0.5) is 0 Å². The lowest BCUT2D eigenvalue weighted by atomic mass is 9.96. The number of aliphatic hydroxyl groups is 1. The number of aryl methyl sites for hydroxylation is 1. The second-order valence-electron chi connectivity index (χ2n) is 7.04. The molecule has 6 heteroatoms. The highest BCUT2D eigenvalue weighted by atomic mass is 35.5. The summed E-state index contributed by atoms with van der Waals surface area (Å²) in [4.78, 5) is 6.67. The van der Waals surface area contributed by atoms with Crippen LogP contribution < -0.4 is 4.74 Å². The molecule has 1 aliphatic rings. The third-order valence-electron chi connectivity index (χ3n) is 4.77. The number of halogens is 2. The minimum atomic E-state index is -0.838. The monoisotopic (exact) mass is 394 g/mol. The summed E-state index contributed by atoms with van der Waals surface area (Å²) >= 11 is 12.1. The van der Waals surface area contributed by atoms with Gasteiger partial charge in [0.05, 0.1) is 21.3 Å². The van der Waals surface area contributed by atoms with Gasteiger partial charge < -0.3 is 9.84 Å². The first-order chi connectivity index (χ1) is 12.4. The number of pyridine rings is 1. The molecule has 4 nitrogen and oxygen atoms in total. The second-order valence-corrected chi connectivity index (χ2v) is 7.89. The fraction of sp³-hybridized carbons (Fsp3) is 0.450. The van der Waals surface area contributed by atoms with E-state index < -0.39 is 5.60 Å². The maximum Gasteiger partial charge on any atom is 0.138 e. The normalized spacial score (nSPS) is 21.4. The van der Waals surface area contributed by atoms with Crippen LogP contribution in [0.15, 0.2) is 36.5 Å². The molecule has 1 N–H and O–H groups in total. The second kappa shape index (κ2) is 8.57. The molecule has 1 atom stereocenters. The van der Waals surface area contributed by atoms with Crippen molar-refractivity contribution in [1.82, 2.24) is 9.88 Å². The summed E-state index contributed by atoms with van der Waals surface area (Å²) in [5.74, 6) is 0.631. The molecule has 1 aliphatic heterocycles. The van der Waals surface area contributed by atoms with Gasteiger partial charge >= 0.3 is 0 Å². The lowest BCUT2D eigenvalue weighted by Crippen LogP contribution is -2.37. The molecule has 0 amide bonds. The molecule has 1 fully saturated rings. The zero-order valence-corrected chi connectivity index (χ0v) is 16.4. The summed E-state index contributed by atoms with van der Waals surface area (Å²) in [5.41, 5.74) is 1.23. The Hall–Kier alpha value is -1.33. The molecule has 3 rings (SSSR count). The van der Waals surface area contributed by atoms with E-state index in [0.717, 1.165) is 37.3 Å². The van der Waals surface area contributed by atoms with Gasteiger partial charge in [-0.15, -0.1) is 0 Å². The van der Waals surface area contributed by atoms with E-state index in [1.165, 1.54) is 0 Å². The summed E-state index contributed by atoms with van der Waals surface area (Å²) in [7, 11) is 0. The number of hydrogen-bond donors (Lipinski definition) is 1. The van der Waals surface area contributed by atoms with Crippen molar-refractivity contribution in [3.8, 4) is 5.75 Å². The molecular weight excluding hydrogens is 371 g/mol. The van der Waals surface area contributed by atoms with Crippen LogP contribution >= 0.6 is 23.2 Å². The third kappa shape index (κ3) is 5.34. The van der Waals surface area contributed by atoms with Crippen molar-refractivity contribution in [3.05, 3.63) is 57.8 Å². The van der Waals surface area contributed by atoms with Crippen LogP contribution in [0.2, 0.25) is 10.0 Å². The van der Waals surface area contributed by atoms with Crippen molar-refractivity contribution in [2.24, 2.45) is 0 Å². The van der Waals surface area contributed by atoms with Crippen molar-refractivity contribution in [2.75, 3.05) is 19.7 Å². The molecular formula is C20H24Cl2N2O2. The Labute approximate surface area is 164 Å². The maximum absolute atomic E-state index is 11.0. The highest BCUT2D eigenvalue weighted by molar-refractivity contribution is 6.32. The fourth-order valence-corrected chi connectivity index (χ4v) is 3.48. The molecule has 0 aliphatic carbocycles. The van der Waals surface area contributed by atoms with E-state index >= 15 is 0 Å². The molecule has 1 aromatic heterocycles. The summed E-state index contributed by atoms with van der Waals surface area (Å²) < 4.78 is 5.85. The van der Waals surface area contributed by atoms with Gasteiger partial charge in [0.1, 0.15) is 12.4 Å². The average Bonchev–Trinajstić information content (AvgIpc) is 2.80. The van der Waals surface area contributed by atoms with Crippen LogP contribution in [0.5, 0.6) is 5.75 Å². The lowest BCUT2D eigenvalue weighted by molar-refractivity contribution is -0.0168. The van der Waals surface area contributed by atoms with Crippen LogP contribution in [0.1, 0.15) is 30.5 Å². The van der Waals surface area contributed by atoms with Gasteiger partial charge in [0.25, 0.3) is 0 Å². The summed E-state index contributed by atoms with van der Waals surface area (Å²) in [5, 5.41) is 12.2. The Morgan fingerprint density at radius 3 is 2.81 bits per heavy atom. The number of likely N-dealkylation sites (tertiary alicyclic amines) is 1. The maximum atomic E-state index is 11.0. The van der Waals surface area contributed by atoms with Gasteiger partial charge in [0.2, 0.25) is 0 Å². The van der Waals surface area contributed by atoms with Gasteiger partial charge in [-0.3, -0.25) is 9.88 Å². The van der Waals surface area contributed by atoms with Crippen LogP contribution in [0.3, 0.4) is 0 Å². The van der Waals surface area contributed by atoms with Crippen molar-refractivity contribution >= 4 is 23.2 Å². The van der Waals surface area contributed by atoms with Crippen molar-refractivity contribution in [2.45, 2.75) is 38.3 Å². The van der Waals surface area contributed by atoms with Gasteiger partial charge in [0, 0.05) is 19.3 Å². The number of nitrogens with zero attached hydrogens (tertiary/aromatic N) is 2. The molecule has 0 saturated carbocycles. The van der Waals surface area contributed by atoms with Gasteiger partial charge in [-0.05, 0) is 62.6 Å². The van der Waals surface area contributed by atoms with Crippen LogP contribution in [0.25, 0.3) is 0 Å². The largest absolute Gasteiger partial charge is 0.489 e. The molecule has 1 saturated heterocycles. The Kier molecular flexibility index (Phi) is 6.41. The first kappa shape index (κ1) is 19.4. The Balaban J connectivity index is 1.56. The summed E-state index contributed by atoms with van der Waals surface area (Å²) in [6.45, 7) is 4.73. The number of rotatable bonds is 5. The minimum absolute atomic E-state index is 0.253. The Morgan fingerprint density at radius 1 is 1.19 bits per heavy atom. The molecule has 0 radical (unpaired) electrons. The van der Waals surface area contributed by atoms with Crippen LogP contribution in [-0.2, 0) is 6.54 Å². The Morgan fingerprint density at radius 2 is 2.04 bits per heavy atom. The number of ether oxygens (including phenoxy) is 1. The van der Waals surface area contributed by atoms with Gasteiger partial charge in [0.15, 0.2) is 0 Å². The Bertz CT molecular complexity index is 739. The van der Waals surface area contributed by atoms with E-state index in [4.69, 9.17) is 27.9 Å². The number of benzene rings is 1. The summed E-state index contributed by atoms with van der Waals surface area (Å²) in [6.07, 6.45) is 3.95. The van der Waals surface area contributed by atoms with E-state index in [1.54, 1.807) is 6.20 Å². The topological polar surface area (TPSA) is 45.6 Å². The third-order valence-corrected chi connectivity index (χ3v) is 5.30. The van der Waals surface area contributed by atoms with E-state index in [0.29, 0.717) is 28.6 Å². The first-order valence-electron chi connectivity index (χ1n) is 8.88. The molecule has 1 aromatic carbocycles. The standard InChI is InChI=1S/C20H24Cl2N2O2/c1-15-3-6-18(22)19(11-15)26-14-20(25)7-2-9-24(10-8-20)13-17-5-4-16(21)12-23-17/h3-6,11-12,25H,2,7-10,13-14H2,1H3. The van der Waals surface area contributed by atoms with Crippen molar-refractivity contribution < 1.29 is 9.84 Å². The highest BCUT2D eigenvalue weighted by Gasteiger charge is 2.31. The van der Waals surface area contributed by atoms with Crippen molar-refractivity contribution in [3.63, 3.8) is 0 Å².